The van der Waals surface area contributed by atoms with E-state index in [-0.39, 0.29) is 5.91 Å². The Hall–Kier alpha value is -2.59. The van der Waals surface area contributed by atoms with E-state index < -0.39 is 12.1 Å². The van der Waals surface area contributed by atoms with Gasteiger partial charge in [0, 0.05) is 26.2 Å². The third-order valence-corrected chi connectivity index (χ3v) is 3.69. The zero-order chi connectivity index (χ0) is 16.1. The molecule has 0 bridgehead atoms. The maximum absolute atomic E-state index is 12.3. The second-order valence-corrected chi connectivity index (χ2v) is 5.22. The molecule has 1 aliphatic heterocycles. The largest absolute Gasteiger partial charge is 0.465 e. The summed E-state index contributed by atoms with van der Waals surface area (Å²) in [5.41, 5.74) is 7.33. The van der Waals surface area contributed by atoms with Crippen LogP contribution in [-0.4, -0.2) is 59.1 Å². The highest BCUT2D eigenvalue weighted by Crippen LogP contribution is 2.09. The summed E-state index contributed by atoms with van der Waals surface area (Å²) >= 11 is 0. The minimum absolute atomic E-state index is 0.188. The van der Waals surface area contributed by atoms with Crippen molar-refractivity contribution < 1.29 is 14.7 Å². The molecule has 1 atom stereocenters. The van der Waals surface area contributed by atoms with Crippen LogP contribution < -0.4 is 5.73 Å². The van der Waals surface area contributed by atoms with Crippen LogP contribution in [0.2, 0.25) is 0 Å². The number of hydrogen-bond donors (Lipinski definition) is 2. The van der Waals surface area contributed by atoms with Crippen LogP contribution in [0.5, 0.6) is 0 Å². The molecule has 1 fully saturated rings. The average Bonchev–Trinajstić information content (AvgIpc) is 2.54. The van der Waals surface area contributed by atoms with Gasteiger partial charge in [0.2, 0.25) is 5.91 Å². The van der Waals surface area contributed by atoms with Gasteiger partial charge in [-0.2, -0.15) is 5.26 Å². The first-order chi connectivity index (χ1) is 10.5. The Labute approximate surface area is 128 Å². The summed E-state index contributed by atoms with van der Waals surface area (Å²) in [6.07, 6.45) is -0.613. The normalized spacial score (nSPS) is 16.0. The fraction of sp³-hybridized carbons (Fsp3) is 0.400. The van der Waals surface area contributed by atoms with Crippen LogP contribution in [0.4, 0.5) is 4.79 Å². The molecule has 0 aliphatic carbocycles. The van der Waals surface area contributed by atoms with Crippen molar-refractivity contribution in [2.75, 3.05) is 26.2 Å². The van der Waals surface area contributed by atoms with Crippen LogP contribution in [0.1, 0.15) is 11.1 Å². The number of rotatable bonds is 3. The number of carbonyl (C=O) groups is 2. The van der Waals surface area contributed by atoms with Gasteiger partial charge < -0.3 is 20.6 Å². The lowest BCUT2D eigenvalue weighted by Crippen LogP contribution is -2.54. The molecule has 22 heavy (non-hydrogen) atoms. The van der Waals surface area contributed by atoms with Gasteiger partial charge in [-0.1, -0.05) is 12.1 Å². The smallest absolute Gasteiger partial charge is 0.407 e. The van der Waals surface area contributed by atoms with Crippen molar-refractivity contribution in [3.63, 3.8) is 0 Å². The molecule has 0 radical (unpaired) electrons. The maximum atomic E-state index is 12.3. The van der Waals surface area contributed by atoms with Crippen molar-refractivity contribution >= 4 is 12.0 Å². The zero-order valence-electron chi connectivity index (χ0n) is 12.1. The van der Waals surface area contributed by atoms with E-state index in [1.165, 1.54) is 4.90 Å². The van der Waals surface area contributed by atoms with Gasteiger partial charge in [-0.25, -0.2) is 4.79 Å². The summed E-state index contributed by atoms with van der Waals surface area (Å²) in [6, 6.07) is 8.37. The molecule has 116 valence electrons. The van der Waals surface area contributed by atoms with Crippen molar-refractivity contribution in [1.82, 2.24) is 9.80 Å². The summed E-state index contributed by atoms with van der Waals surface area (Å²) < 4.78 is 0. The number of carbonyl (C=O) groups excluding carboxylic acids is 1. The average molecular weight is 302 g/mol. The molecular weight excluding hydrogens is 284 g/mol. The Kier molecular flexibility index (Phi) is 4.96. The Morgan fingerprint density at radius 3 is 2.50 bits per heavy atom. The number of nitriles is 1. The Morgan fingerprint density at radius 2 is 1.91 bits per heavy atom. The third-order valence-electron chi connectivity index (χ3n) is 3.69. The fourth-order valence-electron chi connectivity index (χ4n) is 2.46. The standard InChI is InChI=1S/C15H18N4O3/c16-10-12-3-1-2-11(8-12)9-13(17)14(20)18-4-6-19(7-5-18)15(21)22/h1-3,8,13H,4-7,9,17H2,(H,21,22). The molecule has 0 saturated carbocycles. The predicted molar refractivity (Wildman–Crippen MR) is 79.0 cm³/mol. The van der Waals surface area contributed by atoms with Gasteiger partial charge in [-0.05, 0) is 24.1 Å². The molecule has 2 amide bonds. The second-order valence-electron chi connectivity index (χ2n) is 5.22. The number of nitrogens with zero attached hydrogens (tertiary/aromatic N) is 3. The van der Waals surface area contributed by atoms with E-state index in [0.29, 0.717) is 38.2 Å². The molecule has 7 nitrogen and oxygen atoms in total. The second kappa shape index (κ2) is 6.91. The van der Waals surface area contributed by atoms with Crippen LogP contribution in [0.3, 0.4) is 0 Å². The SMILES string of the molecule is N#Cc1cccc(CC(N)C(=O)N2CCN(C(=O)O)CC2)c1. The van der Waals surface area contributed by atoms with Crippen LogP contribution in [0.15, 0.2) is 24.3 Å². The molecule has 3 N–H and O–H groups in total. The Morgan fingerprint density at radius 1 is 1.27 bits per heavy atom. The number of benzene rings is 1. The van der Waals surface area contributed by atoms with Crippen LogP contribution >= 0.6 is 0 Å². The van der Waals surface area contributed by atoms with Crippen LogP contribution in [0.25, 0.3) is 0 Å². The minimum atomic E-state index is -0.968. The van der Waals surface area contributed by atoms with Crippen molar-refractivity contribution in [2.45, 2.75) is 12.5 Å². The Balaban J connectivity index is 1.92. The van der Waals surface area contributed by atoms with E-state index in [0.717, 1.165) is 5.56 Å². The first-order valence-electron chi connectivity index (χ1n) is 7.02. The summed E-state index contributed by atoms with van der Waals surface area (Å²) in [7, 11) is 0. The Bertz CT molecular complexity index is 603. The van der Waals surface area contributed by atoms with Crippen LogP contribution in [0, 0.1) is 11.3 Å². The van der Waals surface area contributed by atoms with E-state index in [4.69, 9.17) is 16.1 Å². The van der Waals surface area contributed by atoms with Crippen molar-refractivity contribution in [3.05, 3.63) is 35.4 Å². The predicted octanol–water partition coefficient (Wildman–Crippen LogP) is 0.250. The summed E-state index contributed by atoms with van der Waals surface area (Å²) in [5.74, 6) is -0.188. The van der Waals surface area contributed by atoms with E-state index >= 15 is 0 Å². The van der Waals surface area contributed by atoms with Gasteiger partial charge in [-0.15, -0.1) is 0 Å². The molecule has 1 heterocycles. The van der Waals surface area contributed by atoms with Crippen molar-refractivity contribution in [1.29, 1.82) is 5.26 Å². The molecule has 1 aliphatic rings. The van der Waals surface area contributed by atoms with Crippen molar-refractivity contribution in [2.24, 2.45) is 5.73 Å². The summed E-state index contributed by atoms with van der Waals surface area (Å²) in [5, 5.41) is 17.8. The molecule has 0 spiro atoms. The zero-order valence-corrected chi connectivity index (χ0v) is 12.1. The van der Waals surface area contributed by atoms with Gasteiger partial charge >= 0.3 is 6.09 Å². The van der Waals surface area contributed by atoms with Gasteiger partial charge in [0.1, 0.15) is 0 Å². The lowest BCUT2D eigenvalue weighted by atomic mass is 10.0. The molecule has 1 unspecified atom stereocenters. The number of nitrogens with two attached hydrogens (primary N) is 1. The van der Waals surface area contributed by atoms with Crippen LogP contribution in [-0.2, 0) is 11.2 Å². The number of carboxylic acid groups (broad SMARTS) is 1. The highest BCUT2D eigenvalue weighted by molar-refractivity contribution is 5.82. The van der Waals surface area contributed by atoms with E-state index in [2.05, 4.69) is 6.07 Å². The number of piperazine rings is 1. The summed E-state index contributed by atoms with van der Waals surface area (Å²) in [4.78, 5) is 26.0. The monoisotopic (exact) mass is 302 g/mol. The van der Waals surface area contributed by atoms with Gasteiger partial charge in [0.05, 0.1) is 17.7 Å². The van der Waals surface area contributed by atoms with Gasteiger partial charge in [-0.3, -0.25) is 4.79 Å². The van der Waals surface area contributed by atoms with Gasteiger partial charge in [0.15, 0.2) is 0 Å². The fourth-order valence-corrected chi connectivity index (χ4v) is 2.46. The maximum Gasteiger partial charge on any atom is 0.407 e. The quantitative estimate of drug-likeness (QED) is 0.831. The summed E-state index contributed by atoms with van der Waals surface area (Å²) in [6.45, 7) is 1.32. The topological polar surface area (TPSA) is 111 Å². The first kappa shape index (κ1) is 15.8. The lowest BCUT2D eigenvalue weighted by molar-refractivity contribution is -0.134. The van der Waals surface area contributed by atoms with E-state index in [1.807, 2.05) is 6.07 Å². The number of amides is 2. The van der Waals surface area contributed by atoms with E-state index in [9.17, 15) is 9.59 Å². The molecule has 1 aromatic rings. The number of hydrogen-bond acceptors (Lipinski definition) is 4. The molecule has 2 rings (SSSR count). The molecule has 7 heteroatoms. The molecule has 1 saturated heterocycles. The highest BCUT2D eigenvalue weighted by atomic mass is 16.4. The first-order valence-corrected chi connectivity index (χ1v) is 7.02. The molecule has 1 aromatic carbocycles. The van der Waals surface area contributed by atoms with E-state index in [1.54, 1.807) is 23.1 Å². The molecule has 0 aromatic heterocycles. The van der Waals surface area contributed by atoms with Crippen molar-refractivity contribution in [3.8, 4) is 6.07 Å². The highest BCUT2D eigenvalue weighted by Gasteiger charge is 2.27. The van der Waals surface area contributed by atoms with Gasteiger partial charge in [0.25, 0.3) is 0 Å². The minimum Gasteiger partial charge on any atom is -0.465 e. The third kappa shape index (κ3) is 3.74. The molecular formula is C15H18N4O3. The lowest BCUT2D eigenvalue weighted by Gasteiger charge is -2.34.